The second kappa shape index (κ2) is 7.45. The molecule has 0 aliphatic carbocycles. The molecule has 0 aromatic carbocycles. The van der Waals surface area contributed by atoms with Crippen molar-refractivity contribution in [2.45, 2.75) is 33.6 Å². The number of rotatable bonds is 7. The lowest BCUT2D eigenvalue weighted by Gasteiger charge is -2.10. The molecule has 17 heavy (non-hydrogen) atoms. The lowest BCUT2D eigenvalue weighted by atomic mass is 10.2. The number of nitrogens with one attached hydrogen (secondary N) is 1. The van der Waals surface area contributed by atoms with Crippen LogP contribution in [-0.4, -0.2) is 30.0 Å². The molecule has 0 aliphatic rings. The molecule has 1 aromatic heterocycles. The first-order valence-corrected chi connectivity index (χ1v) is 6.35. The molecule has 0 saturated carbocycles. The number of nitrogens with zero attached hydrogens (tertiary/aromatic N) is 2. The fourth-order valence-corrected chi connectivity index (χ4v) is 1.51. The number of ether oxygens (including phenoxy) is 1. The number of halogens is 1. The van der Waals surface area contributed by atoms with Crippen LogP contribution < -0.4 is 5.32 Å². The monoisotopic (exact) mass is 257 g/mol. The van der Waals surface area contributed by atoms with E-state index >= 15 is 0 Å². The third-order valence-electron chi connectivity index (χ3n) is 2.65. The van der Waals surface area contributed by atoms with E-state index in [0.717, 1.165) is 42.9 Å². The van der Waals surface area contributed by atoms with E-state index in [1.165, 1.54) is 0 Å². The molecule has 0 spiro atoms. The van der Waals surface area contributed by atoms with Gasteiger partial charge >= 0.3 is 0 Å². The van der Waals surface area contributed by atoms with Gasteiger partial charge < -0.3 is 10.1 Å². The Morgan fingerprint density at radius 3 is 2.65 bits per heavy atom. The normalized spacial score (nSPS) is 10.6. The quantitative estimate of drug-likeness (QED) is 0.763. The summed E-state index contributed by atoms with van der Waals surface area (Å²) >= 11 is 5.88. The minimum Gasteiger partial charge on any atom is -0.380 e. The highest BCUT2D eigenvalue weighted by Gasteiger charge is 2.06. The van der Waals surface area contributed by atoms with E-state index in [1.54, 1.807) is 0 Å². The van der Waals surface area contributed by atoms with Crippen LogP contribution >= 0.6 is 11.6 Å². The molecule has 96 valence electrons. The maximum absolute atomic E-state index is 5.88. The predicted molar refractivity (Wildman–Crippen MR) is 70.7 cm³/mol. The molecule has 0 radical (unpaired) electrons. The van der Waals surface area contributed by atoms with Crippen LogP contribution in [0.3, 0.4) is 0 Å². The smallest absolute Gasteiger partial charge is 0.155 e. The second-order valence-electron chi connectivity index (χ2n) is 3.98. The maximum atomic E-state index is 5.88. The number of hydrogen-bond acceptors (Lipinski definition) is 4. The Morgan fingerprint density at radius 2 is 1.94 bits per heavy atom. The molecule has 1 N–H and O–H groups in total. The zero-order valence-electron chi connectivity index (χ0n) is 10.7. The molecule has 0 aliphatic heterocycles. The highest BCUT2D eigenvalue weighted by atomic mass is 35.5. The molecule has 0 bridgehead atoms. The molecule has 1 aromatic rings. The number of aromatic nitrogens is 2. The summed E-state index contributed by atoms with van der Waals surface area (Å²) in [6.07, 6.45) is 2.27. The van der Waals surface area contributed by atoms with Crippen LogP contribution in [0.5, 0.6) is 0 Å². The van der Waals surface area contributed by atoms with Crippen molar-refractivity contribution in [3.8, 4) is 0 Å². The van der Waals surface area contributed by atoms with E-state index < -0.39 is 0 Å². The highest BCUT2D eigenvalue weighted by molar-refractivity contribution is 6.30. The summed E-state index contributed by atoms with van der Waals surface area (Å²) in [6, 6.07) is 0. The molecule has 1 rings (SSSR count). The van der Waals surface area contributed by atoms with Gasteiger partial charge in [0, 0.05) is 13.2 Å². The minimum atomic E-state index is 0.465. The molecule has 5 heteroatoms. The standard InChI is InChI=1S/C12H20ClN3O/c1-4-5-7-17-8-6-14-12-10(3)9(2)11(13)15-16-12/h4-8H2,1-3H3,(H,14,16). The third kappa shape index (κ3) is 4.48. The van der Waals surface area contributed by atoms with Crippen molar-refractivity contribution < 1.29 is 4.74 Å². The van der Waals surface area contributed by atoms with Gasteiger partial charge in [-0.1, -0.05) is 24.9 Å². The Balaban J connectivity index is 2.35. The first-order valence-electron chi connectivity index (χ1n) is 5.97. The van der Waals surface area contributed by atoms with Crippen molar-refractivity contribution in [2.24, 2.45) is 0 Å². The molecule has 1 heterocycles. The molecular weight excluding hydrogens is 238 g/mol. The average molecular weight is 258 g/mol. The van der Waals surface area contributed by atoms with Crippen LogP contribution in [0.1, 0.15) is 30.9 Å². The molecule has 0 saturated heterocycles. The van der Waals surface area contributed by atoms with Crippen molar-refractivity contribution >= 4 is 17.4 Å². The summed E-state index contributed by atoms with van der Waals surface area (Å²) in [5, 5.41) is 11.6. The summed E-state index contributed by atoms with van der Waals surface area (Å²) in [7, 11) is 0. The van der Waals surface area contributed by atoms with Crippen LogP contribution in [0.25, 0.3) is 0 Å². The first-order chi connectivity index (χ1) is 8.16. The first kappa shape index (κ1) is 14.2. The van der Waals surface area contributed by atoms with Gasteiger partial charge in [0.25, 0.3) is 0 Å². The van der Waals surface area contributed by atoms with Gasteiger partial charge in [0.1, 0.15) is 0 Å². The molecule has 0 fully saturated rings. The van der Waals surface area contributed by atoms with E-state index in [1.807, 2.05) is 13.8 Å². The Kier molecular flexibility index (Phi) is 6.22. The maximum Gasteiger partial charge on any atom is 0.155 e. The zero-order valence-corrected chi connectivity index (χ0v) is 11.5. The van der Waals surface area contributed by atoms with Gasteiger partial charge in [-0.3, -0.25) is 0 Å². The van der Waals surface area contributed by atoms with Crippen molar-refractivity contribution in [2.75, 3.05) is 25.1 Å². The fraction of sp³-hybridized carbons (Fsp3) is 0.667. The van der Waals surface area contributed by atoms with E-state index in [-0.39, 0.29) is 0 Å². The Morgan fingerprint density at radius 1 is 1.18 bits per heavy atom. The number of hydrogen-bond donors (Lipinski definition) is 1. The van der Waals surface area contributed by atoms with Gasteiger partial charge in [0.05, 0.1) is 6.61 Å². The highest BCUT2D eigenvalue weighted by Crippen LogP contribution is 2.20. The second-order valence-corrected chi connectivity index (χ2v) is 4.34. The summed E-state index contributed by atoms with van der Waals surface area (Å²) < 4.78 is 5.45. The molecule has 0 atom stereocenters. The van der Waals surface area contributed by atoms with Crippen molar-refractivity contribution in [3.05, 3.63) is 16.3 Å². The van der Waals surface area contributed by atoms with Gasteiger partial charge in [0.2, 0.25) is 0 Å². The van der Waals surface area contributed by atoms with E-state index in [2.05, 4.69) is 22.4 Å². The van der Waals surface area contributed by atoms with Crippen molar-refractivity contribution in [3.63, 3.8) is 0 Å². The topological polar surface area (TPSA) is 47.0 Å². The lowest BCUT2D eigenvalue weighted by Crippen LogP contribution is -2.13. The van der Waals surface area contributed by atoms with E-state index in [4.69, 9.17) is 16.3 Å². The molecule has 4 nitrogen and oxygen atoms in total. The van der Waals surface area contributed by atoms with Crippen molar-refractivity contribution in [1.82, 2.24) is 10.2 Å². The number of unbranched alkanes of at least 4 members (excludes halogenated alkanes) is 1. The Labute approximate surface area is 108 Å². The van der Waals surface area contributed by atoms with Gasteiger partial charge in [-0.15, -0.1) is 10.2 Å². The summed E-state index contributed by atoms with van der Waals surface area (Å²) in [5.41, 5.74) is 2.01. The van der Waals surface area contributed by atoms with Gasteiger partial charge in [-0.25, -0.2) is 0 Å². The minimum absolute atomic E-state index is 0.465. The SMILES string of the molecule is CCCCOCCNc1nnc(Cl)c(C)c1C. The van der Waals surface area contributed by atoms with Crippen LogP contribution in [-0.2, 0) is 4.74 Å². The Hall–Kier alpha value is -0.870. The summed E-state index contributed by atoms with van der Waals surface area (Å²) in [6.45, 7) is 8.31. The Bertz CT molecular complexity index is 358. The van der Waals surface area contributed by atoms with Crippen LogP contribution in [0.4, 0.5) is 5.82 Å². The van der Waals surface area contributed by atoms with Crippen LogP contribution in [0.2, 0.25) is 5.15 Å². The van der Waals surface area contributed by atoms with Gasteiger partial charge in [-0.2, -0.15) is 0 Å². The average Bonchev–Trinajstić information content (AvgIpc) is 2.33. The summed E-state index contributed by atoms with van der Waals surface area (Å²) in [4.78, 5) is 0. The largest absolute Gasteiger partial charge is 0.380 e. The molecular formula is C12H20ClN3O. The molecule has 0 amide bonds. The third-order valence-corrected chi connectivity index (χ3v) is 3.01. The van der Waals surface area contributed by atoms with Gasteiger partial charge in [0.15, 0.2) is 11.0 Å². The van der Waals surface area contributed by atoms with E-state index in [9.17, 15) is 0 Å². The van der Waals surface area contributed by atoms with Gasteiger partial charge in [-0.05, 0) is 31.4 Å². The predicted octanol–water partition coefficient (Wildman–Crippen LogP) is 2.98. The summed E-state index contributed by atoms with van der Waals surface area (Å²) in [5.74, 6) is 0.783. The zero-order chi connectivity index (χ0) is 12.7. The van der Waals surface area contributed by atoms with Crippen LogP contribution in [0, 0.1) is 13.8 Å². The van der Waals surface area contributed by atoms with Crippen LogP contribution in [0.15, 0.2) is 0 Å². The van der Waals surface area contributed by atoms with E-state index in [0.29, 0.717) is 11.8 Å². The molecule has 0 unspecified atom stereocenters. The van der Waals surface area contributed by atoms with Crippen molar-refractivity contribution in [1.29, 1.82) is 0 Å². The number of anilines is 1. The fourth-order valence-electron chi connectivity index (χ4n) is 1.33. The lowest BCUT2D eigenvalue weighted by molar-refractivity contribution is 0.141.